The maximum Gasteiger partial charge on any atom is 0.244 e. The molecule has 0 bridgehead atoms. The summed E-state index contributed by atoms with van der Waals surface area (Å²) in [6.07, 6.45) is 3.58. The third-order valence-corrected chi connectivity index (χ3v) is 5.01. The molecule has 0 amide bonds. The van der Waals surface area contributed by atoms with Crippen LogP contribution >= 0.6 is 11.3 Å². The zero-order valence-corrected chi connectivity index (χ0v) is 12.3. The van der Waals surface area contributed by atoms with E-state index < -0.39 is 16.1 Å². The minimum absolute atomic E-state index is 0.113. The second kappa shape index (κ2) is 6.09. The molecule has 2 aromatic heterocycles. The third kappa shape index (κ3) is 3.01. The lowest BCUT2D eigenvalue weighted by Crippen LogP contribution is -2.29. The fourth-order valence-corrected chi connectivity index (χ4v) is 3.89. The van der Waals surface area contributed by atoms with Gasteiger partial charge < -0.3 is 0 Å². The lowest BCUT2D eigenvalue weighted by Gasteiger charge is -2.15. The molecule has 2 heterocycles. The molecule has 6 nitrogen and oxygen atoms in total. The molecule has 0 aliphatic carbocycles. The number of pyridine rings is 1. The number of hydrogen-bond acceptors (Lipinski definition) is 6. The molecule has 0 saturated carbocycles. The van der Waals surface area contributed by atoms with Gasteiger partial charge in [-0.15, -0.1) is 11.3 Å². The molecule has 0 aliphatic rings. The molecule has 104 valence electrons. The molecule has 20 heavy (non-hydrogen) atoms. The van der Waals surface area contributed by atoms with Crippen molar-refractivity contribution in [2.75, 3.05) is 0 Å². The van der Waals surface area contributed by atoms with E-state index in [0.29, 0.717) is 11.4 Å². The summed E-state index contributed by atoms with van der Waals surface area (Å²) in [5.41, 5.74) is -0.117. The number of aromatic nitrogens is 2. The standard InChI is InChI=1S/C12H12N4O2S2/c1-2-9(12-15-6-7-19-12)16-20(17,18)11-4-3-5-14-10(11)8-13/h3-7,9,16H,2H2,1H3. The zero-order valence-electron chi connectivity index (χ0n) is 10.6. The van der Waals surface area contributed by atoms with Gasteiger partial charge in [-0.05, 0) is 18.6 Å². The van der Waals surface area contributed by atoms with Crippen LogP contribution in [0.25, 0.3) is 0 Å². The van der Waals surface area contributed by atoms with E-state index in [-0.39, 0.29) is 10.6 Å². The first kappa shape index (κ1) is 14.6. The van der Waals surface area contributed by atoms with Crippen LogP contribution in [0.1, 0.15) is 30.1 Å². The Bertz CT molecular complexity index is 720. The molecule has 0 fully saturated rings. The summed E-state index contributed by atoms with van der Waals surface area (Å²) < 4.78 is 27.3. The largest absolute Gasteiger partial charge is 0.248 e. The Morgan fingerprint density at radius 3 is 2.85 bits per heavy atom. The number of nitriles is 1. The van der Waals surface area contributed by atoms with Crippen LogP contribution in [0.15, 0.2) is 34.8 Å². The van der Waals surface area contributed by atoms with Crippen LogP contribution in [0.5, 0.6) is 0 Å². The number of nitrogens with zero attached hydrogens (tertiary/aromatic N) is 3. The quantitative estimate of drug-likeness (QED) is 0.909. The molecule has 8 heteroatoms. The van der Waals surface area contributed by atoms with Crippen molar-refractivity contribution < 1.29 is 8.42 Å². The second-order valence-corrected chi connectivity index (χ2v) is 6.52. The molecule has 1 N–H and O–H groups in total. The summed E-state index contributed by atoms with van der Waals surface area (Å²) in [4.78, 5) is 7.77. The lowest BCUT2D eigenvalue weighted by atomic mass is 10.3. The minimum Gasteiger partial charge on any atom is -0.248 e. The van der Waals surface area contributed by atoms with Gasteiger partial charge >= 0.3 is 0 Å². The summed E-state index contributed by atoms with van der Waals surface area (Å²) in [6.45, 7) is 1.86. The van der Waals surface area contributed by atoms with Gasteiger partial charge in [0.1, 0.15) is 16.0 Å². The van der Waals surface area contributed by atoms with Crippen molar-refractivity contribution in [2.45, 2.75) is 24.3 Å². The van der Waals surface area contributed by atoms with Gasteiger partial charge in [-0.3, -0.25) is 0 Å². The van der Waals surface area contributed by atoms with Gasteiger partial charge in [0.2, 0.25) is 10.0 Å². The Hall–Kier alpha value is -1.82. The molecule has 2 rings (SSSR count). The lowest BCUT2D eigenvalue weighted by molar-refractivity contribution is 0.548. The van der Waals surface area contributed by atoms with E-state index >= 15 is 0 Å². The monoisotopic (exact) mass is 308 g/mol. The van der Waals surface area contributed by atoms with Crippen LogP contribution in [-0.2, 0) is 10.0 Å². The van der Waals surface area contributed by atoms with E-state index in [1.54, 1.807) is 17.6 Å². The van der Waals surface area contributed by atoms with Crippen molar-refractivity contribution >= 4 is 21.4 Å². The third-order valence-electron chi connectivity index (χ3n) is 2.62. The average Bonchev–Trinajstić information content (AvgIpc) is 2.98. The van der Waals surface area contributed by atoms with Gasteiger partial charge in [0.05, 0.1) is 6.04 Å². The Morgan fingerprint density at radius 2 is 2.25 bits per heavy atom. The average molecular weight is 308 g/mol. The first-order valence-corrected chi connectivity index (χ1v) is 8.21. The van der Waals surface area contributed by atoms with Crippen molar-refractivity contribution in [3.63, 3.8) is 0 Å². The fraction of sp³-hybridized carbons (Fsp3) is 0.250. The van der Waals surface area contributed by atoms with Crippen molar-refractivity contribution in [1.29, 1.82) is 5.26 Å². The summed E-state index contributed by atoms with van der Waals surface area (Å²) >= 11 is 1.38. The molecular weight excluding hydrogens is 296 g/mol. The van der Waals surface area contributed by atoms with Gasteiger partial charge in [-0.2, -0.15) is 5.26 Å². The first-order valence-electron chi connectivity index (χ1n) is 5.85. The van der Waals surface area contributed by atoms with E-state index in [1.807, 2.05) is 6.92 Å². The molecule has 1 atom stereocenters. The topological polar surface area (TPSA) is 95.7 Å². The molecule has 0 aliphatic heterocycles. The van der Waals surface area contributed by atoms with E-state index in [4.69, 9.17) is 5.26 Å². The summed E-state index contributed by atoms with van der Waals surface area (Å²) in [6, 6.07) is 4.22. The Labute approximate surface area is 121 Å². The van der Waals surface area contributed by atoms with E-state index in [9.17, 15) is 8.42 Å². The van der Waals surface area contributed by atoms with Crippen molar-refractivity contribution in [3.8, 4) is 6.07 Å². The predicted molar refractivity (Wildman–Crippen MR) is 74.4 cm³/mol. The molecule has 0 aromatic carbocycles. The number of rotatable bonds is 5. The maximum absolute atomic E-state index is 12.4. The molecule has 0 radical (unpaired) electrons. The van der Waals surface area contributed by atoms with Gasteiger partial charge in [-0.1, -0.05) is 6.92 Å². The van der Waals surface area contributed by atoms with Gasteiger partial charge in [0, 0.05) is 17.8 Å². The zero-order chi connectivity index (χ0) is 14.6. The minimum atomic E-state index is -3.81. The van der Waals surface area contributed by atoms with Crippen molar-refractivity contribution in [1.82, 2.24) is 14.7 Å². The molecular formula is C12H12N4O2S2. The van der Waals surface area contributed by atoms with Crippen LogP contribution in [0, 0.1) is 11.3 Å². The summed E-state index contributed by atoms with van der Waals surface area (Å²) in [5.74, 6) is 0. The van der Waals surface area contributed by atoms with Crippen LogP contribution in [0.4, 0.5) is 0 Å². The number of nitrogens with one attached hydrogen (secondary N) is 1. The predicted octanol–water partition coefficient (Wildman–Crippen LogP) is 1.84. The maximum atomic E-state index is 12.4. The smallest absolute Gasteiger partial charge is 0.244 e. The van der Waals surface area contributed by atoms with E-state index in [1.165, 1.54) is 29.7 Å². The summed E-state index contributed by atoms with van der Waals surface area (Å²) in [5, 5.41) is 11.4. The molecule has 1 unspecified atom stereocenters. The van der Waals surface area contributed by atoms with Gasteiger partial charge in [0.15, 0.2) is 5.69 Å². The number of thiazole rings is 1. The highest BCUT2D eigenvalue weighted by Gasteiger charge is 2.24. The van der Waals surface area contributed by atoms with Crippen LogP contribution in [0.2, 0.25) is 0 Å². The Balaban J connectivity index is 2.34. The molecule has 0 spiro atoms. The molecule has 2 aromatic rings. The second-order valence-electron chi connectivity index (χ2n) is 3.91. The normalized spacial score (nSPS) is 12.8. The number of sulfonamides is 1. The van der Waals surface area contributed by atoms with Crippen LogP contribution in [-0.4, -0.2) is 18.4 Å². The van der Waals surface area contributed by atoms with Crippen LogP contribution in [0.3, 0.4) is 0 Å². The highest BCUT2D eigenvalue weighted by molar-refractivity contribution is 7.89. The Morgan fingerprint density at radius 1 is 1.45 bits per heavy atom. The van der Waals surface area contributed by atoms with Crippen molar-refractivity contribution in [2.24, 2.45) is 0 Å². The van der Waals surface area contributed by atoms with Gasteiger partial charge in [0.25, 0.3) is 0 Å². The fourth-order valence-electron chi connectivity index (χ4n) is 1.66. The highest BCUT2D eigenvalue weighted by Crippen LogP contribution is 2.22. The van der Waals surface area contributed by atoms with E-state index in [2.05, 4.69) is 14.7 Å². The SMILES string of the molecule is CCC(NS(=O)(=O)c1cccnc1C#N)c1nccs1. The molecule has 0 saturated heterocycles. The number of hydrogen-bond donors (Lipinski definition) is 1. The first-order chi connectivity index (χ1) is 9.58. The van der Waals surface area contributed by atoms with Crippen LogP contribution < -0.4 is 4.72 Å². The summed E-state index contributed by atoms with van der Waals surface area (Å²) in [7, 11) is -3.81. The van der Waals surface area contributed by atoms with Crippen molar-refractivity contribution in [3.05, 3.63) is 40.6 Å². The van der Waals surface area contributed by atoms with E-state index in [0.717, 1.165) is 0 Å². The Kier molecular flexibility index (Phi) is 4.44. The van der Waals surface area contributed by atoms with Gasteiger partial charge in [-0.25, -0.2) is 23.1 Å². The highest BCUT2D eigenvalue weighted by atomic mass is 32.2.